The van der Waals surface area contributed by atoms with Gasteiger partial charge >= 0.3 is 0 Å². The Morgan fingerprint density at radius 2 is 1.94 bits per heavy atom. The summed E-state index contributed by atoms with van der Waals surface area (Å²) >= 11 is 0. The molecule has 2 aliphatic heterocycles. The molecule has 0 saturated carbocycles. The lowest BCUT2D eigenvalue weighted by Crippen LogP contribution is -2.28. The smallest absolute Gasteiger partial charge is 0.00156 e. The highest BCUT2D eigenvalue weighted by Crippen LogP contribution is 2.34. The maximum absolute atomic E-state index is 3.48. The Hall–Kier alpha value is -0.0800. The number of nitrogens with one attached hydrogen (secondary N) is 1. The van der Waals surface area contributed by atoms with Crippen LogP contribution in [0.15, 0.2) is 0 Å². The van der Waals surface area contributed by atoms with Crippen LogP contribution in [0.5, 0.6) is 0 Å². The molecule has 18 heavy (non-hydrogen) atoms. The minimum absolute atomic E-state index is 0.505. The van der Waals surface area contributed by atoms with Crippen LogP contribution in [0.3, 0.4) is 0 Å². The highest BCUT2D eigenvalue weighted by molar-refractivity contribution is 4.79. The quantitative estimate of drug-likeness (QED) is 0.830. The summed E-state index contributed by atoms with van der Waals surface area (Å²) < 4.78 is 0. The Balaban J connectivity index is 1.71. The van der Waals surface area contributed by atoms with Crippen molar-refractivity contribution in [2.45, 2.75) is 52.9 Å². The third kappa shape index (κ3) is 4.24. The van der Waals surface area contributed by atoms with Crippen molar-refractivity contribution >= 4 is 0 Å². The summed E-state index contributed by atoms with van der Waals surface area (Å²) in [5.74, 6) is 1.88. The number of likely N-dealkylation sites (tertiary alicyclic amines) is 1. The molecule has 2 heterocycles. The Labute approximate surface area is 114 Å². The lowest BCUT2D eigenvalue weighted by atomic mass is 9.77. The fourth-order valence-electron chi connectivity index (χ4n) is 3.57. The first-order valence-electron chi connectivity index (χ1n) is 7.99. The van der Waals surface area contributed by atoms with Crippen LogP contribution in [-0.2, 0) is 0 Å². The average molecular weight is 252 g/mol. The van der Waals surface area contributed by atoms with Crippen LogP contribution in [0.2, 0.25) is 0 Å². The molecule has 2 atom stereocenters. The standard InChI is InChI=1S/C16H32N2/c1-16(2,3)15-5-4-10-18(12-8-15)11-7-14-6-9-17-13-14/h14-15,17H,4-13H2,1-3H3. The van der Waals surface area contributed by atoms with Gasteiger partial charge in [0.2, 0.25) is 0 Å². The van der Waals surface area contributed by atoms with Gasteiger partial charge in [-0.25, -0.2) is 0 Å². The predicted octanol–water partition coefficient (Wildman–Crippen LogP) is 3.13. The normalized spacial score (nSPS) is 31.5. The number of rotatable bonds is 3. The van der Waals surface area contributed by atoms with Gasteiger partial charge in [-0.15, -0.1) is 0 Å². The van der Waals surface area contributed by atoms with Gasteiger partial charge in [0, 0.05) is 0 Å². The van der Waals surface area contributed by atoms with E-state index < -0.39 is 0 Å². The zero-order chi connectivity index (χ0) is 13.0. The molecule has 2 unspecified atom stereocenters. The second-order valence-electron chi connectivity index (χ2n) is 7.48. The van der Waals surface area contributed by atoms with Crippen molar-refractivity contribution < 1.29 is 0 Å². The number of hydrogen-bond acceptors (Lipinski definition) is 2. The van der Waals surface area contributed by atoms with E-state index in [-0.39, 0.29) is 0 Å². The minimum Gasteiger partial charge on any atom is -0.316 e. The molecule has 2 heteroatoms. The Kier molecular flexibility index (Phi) is 5.08. The van der Waals surface area contributed by atoms with Crippen LogP contribution < -0.4 is 5.32 Å². The van der Waals surface area contributed by atoms with E-state index in [1.165, 1.54) is 64.8 Å². The molecule has 0 spiro atoms. The summed E-state index contributed by atoms with van der Waals surface area (Å²) in [6, 6.07) is 0. The molecule has 1 N–H and O–H groups in total. The molecule has 2 rings (SSSR count). The van der Waals surface area contributed by atoms with Crippen LogP contribution in [0, 0.1) is 17.3 Å². The molecular formula is C16H32N2. The maximum atomic E-state index is 3.48. The first-order valence-corrected chi connectivity index (χ1v) is 7.99. The molecule has 2 aliphatic rings. The summed E-state index contributed by atoms with van der Waals surface area (Å²) in [5, 5.41) is 3.48. The van der Waals surface area contributed by atoms with Crippen molar-refractivity contribution in [1.82, 2.24) is 10.2 Å². The molecule has 2 fully saturated rings. The van der Waals surface area contributed by atoms with E-state index in [9.17, 15) is 0 Å². The van der Waals surface area contributed by atoms with Gasteiger partial charge in [0.15, 0.2) is 0 Å². The highest BCUT2D eigenvalue weighted by Gasteiger charge is 2.27. The van der Waals surface area contributed by atoms with Crippen LogP contribution in [0.4, 0.5) is 0 Å². The summed E-state index contributed by atoms with van der Waals surface area (Å²) in [6.45, 7) is 13.8. The molecular weight excluding hydrogens is 220 g/mol. The fraction of sp³-hybridized carbons (Fsp3) is 1.00. The van der Waals surface area contributed by atoms with E-state index in [2.05, 4.69) is 31.0 Å². The summed E-state index contributed by atoms with van der Waals surface area (Å²) in [6.07, 6.45) is 7.06. The van der Waals surface area contributed by atoms with E-state index in [0.29, 0.717) is 5.41 Å². The second kappa shape index (κ2) is 6.38. The molecule has 0 aromatic heterocycles. The number of hydrogen-bond donors (Lipinski definition) is 1. The molecule has 2 nitrogen and oxygen atoms in total. The third-order valence-electron chi connectivity index (χ3n) is 5.06. The monoisotopic (exact) mass is 252 g/mol. The molecule has 0 amide bonds. The van der Waals surface area contributed by atoms with Crippen LogP contribution in [0.1, 0.15) is 52.9 Å². The molecule has 0 aromatic carbocycles. The zero-order valence-corrected chi connectivity index (χ0v) is 12.7. The molecule has 106 valence electrons. The third-order valence-corrected chi connectivity index (χ3v) is 5.06. The Morgan fingerprint density at radius 3 is 2.61 bits per heavy atom. The average Bonchev–Trinajstić information content (AvgIpc) is 2.69. The molecule has 0 bridgehead atoms. The van der Waals surface area contributed by atoms with E-state index in [4.69, 9.17) is 0 Å². The maximum Gasteiger partial charge on any atom is -0.00156 e. The van der Waals surface area contributed by atoms with Crippen LogP contribution in [-0.4, -0.2) is 37.6 Å². The van der Waals surface area contributed by atoms with Crippen molar-refractivity contribution in [1.29, 1.82) is 0 Å². The van der Waals surface area contributed by atoms with E-state index in [1.54, 1.807) is 0 Å². The van der Waals surface area contributed by atoms with E-state index in [1.807, 2.05) is 0 Å². The van der Waals surface area contributed by atoms with Gasteiger partial charge in [0.1, 0.15) is 0 Å². The largest absolute Gasteiger partial charge is 0.316 e. The van der Waals surface area contributed by atoms with Crippen LogP contribution in [0.25, 0.3) is 0 Å². The highest BCUT2D eigenvalue weighted by atomic mass is 15.1. The van der Waals surface area contributed by atoms with E-state index >= 15 is 0 Å². The zero-order valence-electron chi connectivity index (χ0n) is 12.7. The van der Waals surface area contributed by atoms with Gasteiger partial charge in [0.25, 0.3) is 0 Å². The van der Waals surface area contributed by atoms with Gasteiger partial charge < -0.3 is 10.2 Å². The topological polar surface area (TPSA) is 15.3 Å². The van der Waals surface area contributed by atoms with Gasteiger partial charge in [-0.2, -0.15) is 0 Å². The lowest BCUT2D eigenvalue weighted by Gasteiger charge is -2.30. The van der Waals surface area contributed by atoms with Crippen molar-refractivity contribution in [3.63, 3.8) is 0 Å². The molecule has 0 radical (unpaired) electrons. The lowest BCUT2D eigenvalue weighted by molar-refractivity contribution is 0.205. The summed E-state index contributed by atoms with van der Waals surface area (Å²) in [4.78, 5) is 2.73. The predicted molar refractivity (Wildman–Crippen MR) is 78.8 cm³/mol. The fourth-order valence-corrected chi connectivity index (χ4v) is 3.57. The van der Waals surface area contributed by atoms with Crippen molar-refractivity contribution in [3.05, 3.63) is 0 Å². The van der Waals surface area contributed by atoms with Crippen molar-refractivity contribution in [2.24, 2.45) is 17.3 Å². The molecule has 0 aromatic rings. The van der Waals surface area contributed by atoms with Crippen molar-refractivity contribution in [2.75, 3.05) is 32.7 Å². The van der Waals surface area contributed by atoms with Gasteiger partial charge in [-0.1, -0.05) is 20.8 Å². The molecule has 2 saturated heterocycles. The summed E-state index contributed by atoms with van der Waals surface area (Å²) in [5.41, 5.74) is 0.505. The van der Waals surface area contributed by atoms with Gasteiger partial charge in [0.05, 0.1) is 0 Å². The Morgan fingerprint density at radius 1 is 1.11 bits per heavy atom. The number of nitrogens with zero attached hydrogens (tertiary/aromatic N) is 1. The van der Waals surface area contributed by atoms with Crippen LogP contribution >= 0.6 is 0 Å². The summed E-state index contributed by atoms with van der Waals surface area (Å²) in [7, 11) is 0. The minimum atomic E-state index is 0.505. The van der Waals surface area contributed by atoms with E-state index in [0.717, 1.165) is 11.8 Å². The first-order chi connectivity index (χ1) is 8.55. The van der Waals surface area contributed by atoms with Gasteiger partial charge in [-0.3, -0.25) is 0 Å². The Bertz CT molecular complexity index is 238. The van der Waals surface area contributed by atoms with Crippen molar-refractivity contribution in [3.8, 4) is 0 Å². The van der Waals surface area contributed by atoms with Gasteiger partial charge in [-0.05, 0) is 82.1 Å². The second-order valence-corrected chi connectivity index (χ2v) is 7.48. The first kappa shape index (κ1) is 14.3. The molecule has 0 aliphatic carbocycles. The SMILES string of the molecule is CC(C)(C)C1CCCN(CCC2CCNC2)CC1.